The lowest BCUT2D eigenvalue weighted by Gasteiger charge is -2.29. The Bertz CT molecular complexity index is 290. The van der Waals surface area contributed by atoms with Crippen LogP contribution in [0.15, 0.2) is 0 Å². The molecule has 0 spiro atoms. The highest BCUT2D eigenvalue weighted by Gasteiger charge is 2.54. The average molecular weight is 276 g/mol. The molecule has 0 atom stereocenters. The summed E-state index contributed by atoms with van der Waals surface area (Å²) in [4.78, 5) is 0. The monoisotopic (exact) mass is 276 g/mol. The van der Waals surface area contributed by atoms with Gasteiger partial charge < -0.3 is 0 Å². The van der Waals surface area contributed by atoms with Crippen LogP contribution in [0.4, 0.5) is 0 Å². The predicted octanol–water partition coefficient (Wildman–Crippen LogP) is 5.14. The Balaban J connectivity index is 2.33. The summed E-state index contributed by atoms with van der Waals surface area (Å²) in [5, 5.41) is 0. The van der Waals surface area contributed by atoms with E-state index in [1.54, 1.807) is 0 Å². The average Bonchev–Trinajstić information content (AvgIpc) is 2.37. The summed E-state index contributed by atoms with van der Waals surface area (Å²) in [5.41, 5.74) is -0.935. The van der Waals surface area contributed by atoms with Crippen molar-refractivity contribution in [2.75, 3.05) is 6.16 Å². The van der Waals surface area contributed by atoms with Crippen molar-refractivity contribution >= 4 is 7.60 Å². The first-order chi connectivity index (χ1) is 8.22. The van der Waals surface area contributed by atoms with Crippen LogP contribution in [-0.2, 0) is 13.6 Å². The summed E-state index contributed by atoms with van der Waals surface area (Å²) in [6, 6.07) is 0. The second kappa shape index (κ2) is 6.07. The molecule has 0 aliphatic carbocycles. The van der Waals surface area contributed by atoms with Crippen LogP contribution >= 0.6 is 7.60 Å². The van der Waals surface area contributed by atoms with Crippen molar-refractivity contribution in [3.05, 3.63) is 0 Å². The summed E-state index contributed by atoms with van der Waals surface area (Å²) in [7, 11) is -2.87. The van der Waals surface area contributed by atoms with Gasteiger partial charge in [0, 0.05) is 0 Å². The van der Waals surface area contributed by atoms with Crippen molar-refractivity contribution in [1.82, 2.24) is 0 Å². The van der Waals surface area contributed by atoms with Crippen LogP contribution in [0.25, 0.3) is 0 Å². The Labute approximate surface area is 112 Å². The lowest BCUT2D eigenvalue weighted by Crippen LogP contribution is -2.41. The van der Waals surface area contributed by atoms with E-state index in [1.807, 2.05) is 27.7 Å². The van der Waals surface area contributed by atoms with Crippen LogP contribution in [0, 0.1) is 0 Å². The first kappa shape index (κ1) is 16.2. The van der Waals surface area contributed by atoms with Crippen molar-refractivity contribution in [1.29, 1.82) is 0 Å². The molecule has 4 heteroatoms. The summed E-state index contributed by atoms with van der Waals surface area (Å²) in [6.45, 7) is 10.0. The van der Waals surface area contributed by atoms with Crippen LogP contribution in [0.2, 0.25) is 0 Å². The molecule has 1 heterocycles. The second-order valence-corrected chi connectivity index (χ2v) is 8.34. The Morgan fingerprint density at radius 2 is 1.28 bits per heavy atom. The molecular formula is C14H29O3P. The number of hydrogen-bond acceptors (Lipinski definition) is 3. The minimum Gasteiger partial charge on any atom is -0.299 e. The van der Waals surface area contributed by atoms with Gasteiger partial charge in [0.2, 0.25) is 0 Å². The highest BCUT2D eigenvalue weighted by atomic mass is 31.2. The Morgan fingerprint density at radius 3 is 1.78 bits per heavy atom. The van der Waals surface area contributed by atoms with Crippen molar-refractivity contribution in [2.45, 2.75) is 84.3 Å². The first-order valence-corrected chi connectivity index (χ1v) is 8.96. The number of hydrogen-bond donors (Lipinski definition) is 0. The molecule has 0 radical (unpaired) electrons. The third-order valence-electron chi connectivity index (χ3n) is 3.97. The zero-order valence-corrected chi connectivity index (χ0v) is 13.5. The Morgan fingerprint density at radius 1 is 0.833 bits per heavy atom. The van der Waals surface area contributed by atoms with Crippen LogP contribution < -0.4 is 0 Å². The van der Waals surface area contributed by atoms with Gasteiger partial charge in [-0.1, -0.05) is 39.0 Å². The summed E-state index contributed by atoms with van der Waals surface area (Å²) < 4.78 is 23.9. The summed E-state index contributed by atoms with van der Waals surface area (Å²) >= 11 is 0. The molecule has 0 saturated carbocycles. The van der Waals surface area contributed by atoms with Gasteiger partial charge in [0.1, 0.15) is 11.2 Å². The van der Waals surface area contributed by atoms with Crippen LogP contribution in [0.1, 0.15) is 73.1 Å². The number of unbranched alkanes of at least 4 members (excludes halogenated alkanes) is 5. The van der Waals surface area contributed by atoms with Crippen molar-refractivity contribution < 1.29 is 13.6 Å². The van der Waals surface area contributed by atoms with E-state index in [0.29, 0.717) is 6.16 Å². The fourth-order valence-corrected chi connectivity index (χ4v) is 4.77. The van der Waals surface area contributed by atoms with E-state index in [2.05, 4.69) is 6.92 Å². The lowest BCUT2D eigenvalue weighted by atomic mass is 9.90. The van der Waals surface area contributed by atoms with E-state index in [-0.39, 0.29) is 0 Å². The molecule has 0 unspecified atom stereocenters. The fraction of sp³-hybridized carbons (Fsp3) is 1.00. The molecule has 0 amide bonds. The molecule has 1 aliphatic rings. The molecule has 18 heavy (non-hydrogen) atoms. The predicted molar refractivity (Wildman–Crippen MR) is 76.2 cm³/mol. The van der Waals surface area contributed by atoms with Gasteiger partial charge in [-0.25, -0.2) is 0 Å². The first-order valence-electron chi connectivity index (χ1n) is 7.23. The third kappa shape index (κ3) is 4.08. The second-order valence-electron chi connectivity index (χ2n) is 6.31. The molecule has 1 rings (SSSR count). The van der Waals surface area contributed by atoms with Gasteiger partial charge in [0.05, 0.1) is 6.16 Å². The zero-order chi connectivity index (χ0) is 13.9. The molecule has 108 valence electrons. The normalized spacial score (nSPS) is 24.3. The maximum absolute atomic E-state index is 12.5. The Hall–Kier alpha value is 0.150. The molecular weight excluding hydrogens is 247 g/mol. The minimum atomic E-state index is -2.87. The zero-order valence-electron chi connectivity index (χ0n) is 12.6. The molecule has 1 saturated heterocycles. The highest BCUT2D eigenvalue weighted by molar-refractivity contribution is 7.54. The largest absolute Gasteiger partial charge is 0.331 e. The quantitative estimate of drug-likeness (QED) is 0.477. The molecule has 0 N–H and O–H groups in total. The van der Waals surface area contributed by atoms with Crippen molar-refractivity contribution in [3.8, 4) is 0 Å². The smallest absolute Gasteiger partial charge is 0.299 e. The van der Waals surface area contributed by atoms with E-state index in [4.69, 9.17) is 9.05 Å². The molecule has 3 nitrogen and oxygen atoms in total. The van der Waals surface area contributed by atoms with E-state index >= 15 is 0 Å². The molecule has 0 aromatic carbocycles. The van der Waals surface area contributed by atoms with Crippen LogP contribution in [0.5, 0.6) is 0 Å². The summed E-state index contributed by atoms with van der Waals surface area (Å²) in [5.74, 6) is 0. The topological polar surface area (TPSA) is 35.5 Å². The van der Waals surface area contributed by atoms with Crippen molar-refractivity contribution in [2.24, 2.45) is 0 Å². The van der Waals surface area contributed by atoms with Gasteiger partial charge in [0.25, 0.3) is 0 Å². The van der Waals surface area contributed by atoms with Gasteiger partial charge in [-0.15, -0.1) is 0 Å². The lowest BCUT2D eigenvalue weighted by molar-refractivity contribution is 0.00578. The van der Waals surface area contributed by atoms with E-state index < -0.39 is 18.8 Å². The summed E-state index contributed by atoms with van der Waals surface area (Å²) in [6.07, 6.45) is 7.68. The molecule has 1 aliphatic heterocycles. The molecule has 0 aromatic heterocycles. The van der Waals surface area contributed by atoms with Gasteiger partial charge in [-0.05, 0) is 34.1 Å². The van der Waals surface area contributed by atoms with Gasteiger partial charge in [-0.2, -0.15) is 0 Å². The van der Waals surface area contributed by atoms with Gasteiger partial charge in [0.15, 0.2) is 0 Å². The minimum absolute atomic E-state index is 0.468. The van der Waals surface area contributed by atoms with Crippen molar-refractivity contribution in [3.63, 3.8) is 0 Å². The van der Waals surface area contributed by atoms with E-state index in [1.165, 1.54) is 25.7 Å². The van der Waals surface area contributed by atoms with Crippen LogP contribution in [0.3, 0.4) is 0 Å². The molecule has 0 aromatic rings. The van der Waals surface area contributed by atoms with Gasteiger partial charge >= 0.3 is 7.60 Å². The molecule has 0 bridgehead atoms. The standard InChI is InChI=1S/C14H29O3P/c1-6-7-8-9-10-11-12-18(15)16-13(2,3)14(4,5)17-18/h6-12H2,1-5H3. The van der Waals surface area contributed by atoms with Crippen LogP contribution in [-0.4, -0.2) is 17.4 Å². The highest BCUT2D eigenvalue weighted by Crippen LogP contribution is 2.64. The maximum atomic E-state index is 12.5. The van der Waals surface area contributed by atoms with E-state index in [0.717, 1.165) is 12.8 Å². The SMILES string of the molecule is CCCCCCCCP1(=O)OC(C)(C)C(C)(C)O1. The van der Waals surface area contributed by atoms with Gasteiger partial charge in [-0.3, -0.25) is 13.6 Å². The van der Waals surface area contributed by atoms with E-state index in [9.17, 15) is 4.57 Å². The third-order valence-corrected chi connectivity index (χ3v) is 6.30. The maximum Gasteiger partial charge on any atom is 0.331 e. The number of rotatable bonds is 7. The Kier molecular flexibility index (Phi) is 5.46. The fourth-order valence-electron chi connectivity index (χ4n) is 2.11. The molecule has 1 fully saturated rings.